The fourth-order valence-corrected chi connectivity index (χ4v) is 3.62. The maximum absolute atomic E-state index is 13.0. The van der Waals surface area contributed by atoms with E-state index < -0.39 is 0 Å². The van der Waals surface area contributed by atoms with Crippen LogP contribution >= 0.6 is 0 Å². The molecule has 0 amide bonds. The van der Waals surface area contributed by atoms with Crippen LogP contribution in [0, 0.1) is 0 Å². The van der Waals surface area contributed by atoms with Crippen molar-refractivity contribution >= 4 is 17.4 Å². The minimum absolute atomic E-state index is 0.0505. The van der Waals surface area contributed by atoms with E-state index in [0.29, 0.717) is 23.8 Å². The van der Waals surface area contributed by atoms with E-state index in [2.05, 4.69) is 9.97 Å². The van der Waals surface area contributed by atoms with Crippen molar-refractivity contribution in [1.29, 1.82) is 0 Å². The Morgan fingerprint density at radius 1 is 0.967 bits per heavy atom. The number of anilines is 2. The third kappa shape index (κ3) is 3.16. The summed E-state index contributed by atoms with van der Waals surface area (Å²) in [4.78, 5) is 40.6. The Morgan fingerprint density at radius 3 is 2.60 bits per heavy atom. The summed E-state index contributed by atoms with van der Waals surface area (Å²) in [5, 5.41) is 0. The number of ketones is 1. The number of carbonyl (C=O) groups is 1. The van der Waals surface area contributed by atoms with Crippen LogP contribution in [0.4, 0.5) is 11.6 Å². The van der Waals surface area contributed by atoms with Crippen LogP contribution < -0.4 is 10.5 Å². The number of para-hydroxylation sites is 1. The molecule has 0 saturated carbocycles. The first-order chi connectivity index (χ1) is 14.7. The number of hydrogen-bond donors (Lipinski definition) is 0. The normalized spacial score (nSPS) is 12.2. The topological polar surface area (TPSA) is 81.0 Å². The number of Topliss-reactive ketones (excluding diaryl/α,β-unsaturated/α-hetero) is 1. The first-order valence-corrected chi connectivity index (χ1v) is 9.51. The first kappa shape index (κ1) is 17.9. The summed E-state index contributed by atoms with van der Waals surface area (Å²) < 4.78 is 1.60. The molecule has 1 aliphatic rings. The number of rotatable bonds is 4. The second-order valence-electron chi connectivity index (χ2n) is 6.98. The highest BCUT2D eigenvalue weighted by Crippen LogP contribution is 2.33. The van der Waals surface area contributed by atoms with Gasteiger partial charge in [0.05, 0.1) is 18.8 Å². The van der Waals surface area contributed by atoms with Crippen molar-refractivity contribution in [3.8, 4) is 11.3 Å². The van der Waals surface area contributed by atoms with Gasteiger partial charge in [0.1, 0.15) is 0 Å². The van der Waals surface area contributed by atoms with E-state index in [1.807, 2.05) is 24.3 Å². The van der Waals surface area contributed by atoms with Gasteiger partial charge in [-0.15, -0.1) is 0 Å². The Hall–Kier alpha value is -4.13. The molecule has 1 aromatic carbocycles. The minimum Gasteiger partial charge on any atom is -0.304 e. The number of benzene rings is 1. The van der Waals surface area contributed by atoms with Crippen LogP contribution in [0.25, 0.3) is 11.3 Å². The number of aromatic nitrogens is 4. The zero-order valence-corrected chi connectivity index (χ0v) is 16.0. The minimum atomic E-state index is -0.167. The lowest BCUT2D eigenvalue weighted by Gasteiger charge is -2.32. The van der Waals surface area contributed by atoms with E-state index in [1.54, 1.807) is 58.5 Å². The predicted octanol–water partition coefficient (Wildman–Crippen LogP) is 3.08. The molecule has 1 aliphatic heterocycles. The van der Waals surface area contributed by atoms with Gasteiger partial charge in [-0.2, -0.15) is 0 Å². The predicted molar refractivity (Wildman–Crippen MR) is 113 cm³/mol. The number of hydrogen-bond acceptors (Lipinski definition) is 6. The molecular formula is C23H17N5O2. The van der Waals surface area contributed by atoms with Crippen molar-refractivity contribution in [1.82, 2.24) is 19.5 Å². The van der Waals surface area contributed by atoms with Crippen molar-refractivity contribution in [3.63, 3.8) is 0 Å². The lowest BCUT2D eigenvalue weighted by molar-refractivity contribution is 0.100. The van der Waals surface area contributed by atoms with E-state index >= 15 is 0 Å². The van der Waals surface area contributed by atoms with Crippen molar-refractivity contribution in [2.45, 2.75) is 6.54 Å². The fraction of sp³-hybridized carbons (Fsp3) is 0.0870. The number of pyridine rings is 2. The monoisotopic (exact) mass is 395 g/mol. The lowest BCUT2D eigenvalue weighted by atomic mass is 10.1. The average Bonchev–Trinajstić information content (AvgIpc) is 2.80. The summed E-state index contributed by atoms with van der Waals surface area (Å²) in [6.45, 7) is 0.459. The Labute approximate surface area is 172 Å². The molecule has 0 aliphatic carbocycles. The Bertz CT molecular complexity index is 1290. The second-order valence-corrected chi connectivity index (χ2v) is 6.98. The Morgan fingerprint density at radius 2 is 1.80 bits per heavy atom. The second kappa shape index (κ2) is 7.36. The van der Waals surface area contributed by atoms with Gasteiger partial charge in [0.2, 0.25) is 5.95 Å². The molecule has 0 fully saturated rings. The van der Waals surface area contributed by atoms with Gasteiger partial charge >= 0.3 is 0 Å². The molecule has 4 heterocycles. The van der Waals surface area contributed by atoms with Crippen molar-refractivity contribution < 1.29 is 4.79 Å². The maximum Gasteiger partial charge on any atom is 0.255 e. The van der Waals surface area contributed by atoms with Gasteiger partial charge in [-0.1, -0.05) is 18.2 Å². The molecule has 0 radical (unpaired) electrons. The average molecular weight is 395 g/mol. The molecule has 5 rings (SSSR count). The van der Waals surface area contributed by atoms with Gasteiger partial charge in [-0.3, -0.25) is 24.1 Å². The van der Waals surface area contributed by atoms with Crippen LogP contribution in [0.5, 0.6) is 0 Å². The molecule has 0 spiro atoms. The molecule has 30 heavy (non-hydrogen) atoms. The highest BCUT2D eigenvalue weighted by Gasteiger charge is 2.27. The van der Waals surface area contributed by atoms with E-state index in [1.165, 1.54) is 6.07 Å². The zero-order valence-electron chi connectivity index (χ0n) is 16.0. The van der Waals surface area contributed by atoms with Crippen LogP contribution in [0.15, 0.2) is 84.2 Å². The fourth-order valence-electron chi connectivity index (χ4n) is 3.62. The maximum atomic E-state index is 13.0. The van der Waals surface area contributed by atoms with Crippen LogP contribution in [0.3, 0.4) is 0 Å². The third-order valence-corrected chi connectivity index (χ3v) is 5.10. The van der Waals surface area contributed by atoms with Gasteiger partial charge in [-0.25, -0.2) is 4.98 Å². The van der Waals surface area contributed by atoms with Gasteiger partial charge < -0.3 is 4.90 Å². The smallest absolute Gasteiger partial charge is 0.255 e. The summed E-state index contributed by atoms with van der Waals surface area (Å²) >= 11 is 0. The van der Waals surface area contributed by atoms with Gasteiger partial charge in [0.25, 0.3) is 5.56 Å². The molecule has 7 nitrogen and oxygen atoms in total. The Kier molecular flexibility index (Phi) is 4.40. The third-order valence-electron chi connectivity index (χ3n) is 5.10. The molecule has 0 atom stereocenters. The summed E-state index contributed by atoms with van der Waals surface area (Å²) in [6, 6.07) is 16.4. The number of fused-ring (bicyclic) bond motifs is 2. The number of carbonyl (C=O) groups excluding carboxylic acids is 1. The van der Waals surface area contributed by atoms with E-state index in [9.17, 15) is 9.59 Å². The summed E-state index contributed by atoms with van der Waals surface area (Å²) in [6.07, 6.45) is 6.50. The summed E-state index contributed by atoms with van der Waals surface area (Å²) in [5.74, 6) is 0.347. The van der Waals surface area contributed by atoms with Crippen LogP contribution in [-0.2, 0) is 6.54 Å². The summed E-state index contributed by atoms with van der Waals surface area (Å²) in [5.41, 5.74) is 3.52. The SMILES string of the molecule is O=C(CN1c2ccccc2Cn2c1nc(-c1ccncc1)cc2=O)c1cccnc1. The molecule has 146 valence electrons. The molecule has 0 N–H and O–H groups in total. The zero-order chi connectivity index (χ0) is 20.5. The first-order valence-electron chi connectivity index (χ1n) is 9.51. The van der Waals surface area contributed by atoms with Crippen molar-refractivity contribution in [2.75, 3.05) is 11.4 Å². The molecule has 0 bridgehead atoms. The molecule has 0 unspecified atom stereocenters. The van der Waals surface area contributed by atoms with E-state index in [0.717, 1.165) is 16.8 Å². The van der Waals surface area contributed by atoms with E-state index in [4.69, 9.17) is 4.98 Å². The number of nitrogens with zero attached hydrogens (tertiary/aromatic N) is 5. The van der Waals surface area contributed by atoms with Gasteiger partial charge in [0, 0.05) is 47.7 Å². The molecule has 7 heteroatoms. The van der Waals surface area contributed by atoms with Gasteiger partial charge in [0.15, 0.2) is 5.78 Å². The largest absolute Gasteiger partial charge is 0.304 e. The van der Waals surface area contributed by atoms with Crippen LogP contribution in [0.1, 0.15) is 15.9 Å². The molecule has 0 saturated heterocycles. The molecular weight excluding hydrogens is 378 g/mol. The van der Waals surface area contributed by atoms with E-state index in [-0.39, 0.29) is 17.9 Å². The quantitative estimate of drug-likeness (QED) is 0.494. The van der Waals surface area contributed by atoms with Crippen molar-refractivity contribution in [2.24, 2.45) is 0 Å². The lowest BCUT2D eigenvalue weighted by Crippen LogP contribution is -2.37. The summed E-state index contributed by atoms with van der Waals surface area (Å²) in [7, 11) is 0. The van der Waals surface area contributed by atoms with Crippen LogP contribution in [0.2, 0.25) is 0 Å². The Balaban J connectivity index is 1.64. The van der Waals surface area contributed by atoms with Gasteiger partial charge in [-0.05, 0) is 35.9 Å². The highest BCUT2D eigenvalue weighted by atomic mass is 16.1. The molecule has 4 aromatic rings. The highest BCUT2D eigenvalue weighted by molar-refractivity contribution is 6.00. The standard InChI is InChI=1S/C23H17N5O2/c29-21(17-5-3-9-25-13-17)15-27-20-6-2-1-4-18(20)14-28-22(30)12-19(26-23(27)28)16-7-10-24-11-8-16/h1-13H,14-15H2. The van der Waals surface area contributed by atoms with Crippen LogP contribution in [-0.4, -0.2) is 31.8 Å². The molecule has 3 aromatic heterocycles. The van der Waals surface area contributed by atoms with Crippen molar-refractivity contribution in [3.05, 3.63) is 101 Å².